The maximum atomic E-state index is 4.72. The van der Waals surface area contributed by atoms with Gasteiger partial charge in [-0.1, -0.05) is 0 Å². The first-order valence-corrected chi connectivity index (χ1v) is 6.38. The number of aryl methyl sites for hydroxylation is 1. The van der Waals surface area contributed by atoms with Crippen LogP contribution in [0.4, 0.5) is 0 Å². The molecule has 90 valence electrons. The molecule has 1 N–H and O–H groups in total. The molecule has 0 spiro atoms. The maximum Gasteiger partial charge on any atom is 0.110 e. The molecule has 3 heterocycles. The smallest absolute Gasteiger partial charge is 0.110 e. The summed E-state index contributed by atoms with van der Waals surface area (Å²) in [6, 6.07) is 2.06. The average Bonchev–Trinajstić information content (AvgIpc) is 2.96. The molecular formula is C13H18N4. The molecular weight excluding hydrogens is 212 g/mol. The zero-order chi connectivity index (χ0) is 11.7. The highest BCUT2D eigenvalue weighted by Gasteiger charge is 2.18. The number of rotatable bonds is 3. The maximum absolute atomic E-state index is 4.72. The van der Waals surface area contributed by atoms with Crippen molar-refractivity contribution in [2.75, 3.05) is 13.1 Å². The van der Waals surface area contributed by atoms with E-state index in [1.807, 2.05) is 12.4 Å². The molecule has 0 radical (unpaired) electrons. The Labute approximate surface area is 101 Å². The fourth-order valence-electron chi connectivity index (χ4n) is 2.69. The molecule has 0 aromatic carbocycles. The Kier molecular flexibility index (Phi) is 2.81. The molecule has 3 rings (SSSR count). The van der Waals surface area contributed by atoms with Crippen molar-refractivity contribution in [3.63, 3.8) is 0 Å². The molecule has 2 aromatic rings. The molecule has 17 heavy (non-hydrogen) atoms. The summed E-state index contributed by atoms with van der Waals surface area (Å²) in [4.78, 5) is 8.86. The van der Waals surface area contributed by atoms with Crippen LogP contribution in [0.3, 0.4) is 0 Å². The SMILES string of the molecule is CCn1c(CC2CCNC2)nc2cnccc21. The summed E-state index contributed by atoms with van der Waals surface area (Å²) < 4.78 is 2.31. The first-order chi connectivity index (χ1) is 8.38. The zero-order valence-electron chi connectivity index (χ0n) is 10.2. The molecule has 1 atom stereocenters. The van der Waals surface area contributed by atoms with E-state index in [0.717, 1.165) is 37.5 Å². The summed E-state index contributed by atoms with van der Waals surface area (Å²) in [5.74, 6) is 1.95. The van der Waals surface area contributed by atoms with Gasteiger partial charge in [0.2, 0.25) is 0 Å². The largest absolute Gasteiger partial charge is 0.328 e. The standard InChI is InChI=1S/C13H18N4/c1-2-17-12-4-6-15-9-11(12)16-13(17)7-10-3-5-14-8-10/h4,6,9-10,14H,2-3,5,7-8H2,1H3. The molecule has 0 aliphatic carbocycles. The molecule has 2 aromatic heterocycles. The number of fused-ring (bicyclic) bond motifs is 1. The Morgan fingerprint density at radius 3 is 3.24 bits per heavy atom. The van der Waals surface area contributed by atoms with Gasteiger partial charge in [0.05, 0.1) is 11.7 Å². The number of aromatic nitrogens is 3. The van der Waals surface area contributed by atoms with Gasteiger partial charge in [0.25, 0.3) is 0 Å². The van der Waals surface area contributed by atoms with Crippen LogP contribution in [0, 0.1) is 5.92 Å². The summed E-state index contributed by atoms with van der Waals surface area (Å²) in [6.07, 6.45) is 6.05. The summed E-state index contributed by atoms with van der Waals surface area (Å²) >= 11 is 0. The van der Waals surface area contributed by atoms with Gasteiger partial charge in [-0.3, -0.25) is 4.98 Å². The molecule has 0 amide bonds. The number of hydrogen-bond acceptors (Lipinski definition) is 3. The summed E-state index contributed by atoms with van der Waals surface area (Å²) in [5.41, 5.74) is 2.23. The quantitative estimate of drug-likeness (QED) is 0.871. The fraction of sp³-hybridized carbons (Fsp3) is 0.538. The highest BCUT2D eigenvalue weighted by molar-refractivity contribution is 5.74. The lowest BCUT2D eigenvalue weighted by atomic mass is 10.0. The summed E-state index contributed by atoms with van der Waals surface area (Å²) in [6.45, 7) is 5.44. The molecule has 0 bridgehead atoms. The third-order valence-electron chi connectivity index (χ3n) is 3.58. The van der Waals surface area contributed by atoms with E-state index >= 15 is 0 Å². The second-order valence-electron chi connectivity index (χ2n) is 4.70. The Bertz CT molecular complexity index is 511. The van der Waals surface area contributed by atoms with Gasteiger partial charge in [-0.05, 0) is 38.4 Å². The number of imidazole rings is 1. The number of nitrogens with one attached hydrogen (secondary N) is 1. The van der Waals surface area contributed by atoms with Gasteiger partial charge in [-0.25, -0.2) is 4.98 Å². The Morgan fingerprint density at radius 2 is 2.47 bits per heavy atom. The second-order valence-corrected chi connectivity index (χ2v) is 4.70. The van der Waals surface area contributed by atoms with E-state index in [-0.39, 0.29) is 0 Å². The lowest BCUT2D eigenvalue weighted by Crippen LogP contribution is -2.13. The average molecular weight is 230 g/mol. The van der Waals surface area contributed by atoms with Gasteiger partial charge in [0, 0.05) is 19.2 Å². The minimum absolute atomic E-state index is 0.741. The van der Waals surface area contributed by atoms with Gasteiger partial charge in [0.15, 0.2) is 0 Å². The van der Waals surface area contributed by atoms with Crippen LogP contribution in [0.15, 0.2) is 18.5 Å². The van der Waals surface area contributed by atoms with E-state index in [4.69, 9.17) is 4.98 Å². The van der Waals surface area contributed by atoms with Gasteiger partial charge in [-0.2, -0.15) is 0 Å². The minimum atomic E-state index is 0.741. The fourth-order valence-corrected chi connectivity index (χ4v) is 2.69. The molecule has 1 aliphatic rings. The second kappa shape index (κ2) is 4.45. The van der Waals surface area contributed by atoms with Gasteiger partial charge in [-0.15, -0.1) is 0 Å². The molecule has 1 unspecified atom stereocenters. The van der Waals surface area contributed by atoms with Gasteiger partial charge in [0.1, 0.15) is 11.3 Å². The van der Waals surface area contributed by atoms with Crippen molar-refractivity contribution in [3.8, 4) is 0 Å². The number of pyridine rings is 1. The van der Waals surface area contributed by atoms with Crippen LogP contribution >= 0.6 is 0 Å². The van der Waals surface area contributed by atoms with Crippen molar-refractivity contribution < 1.29 is 0 Å². The highest BCUT2D eigenvalue weighted by atomic mass is 15.1. The van der Waals surface area contributed by atoms with Crippen LogP contribution in [0.25, 0.3) is 11.0 Å². The molecule has 1 aliphatic heterocycles. The van der Waals surface area contributed by atoms with Crippen molar-refractivity contribution in [1.29, 1.82) is 0 Å². The first kappa shape index (κ1) is 10.7. The van der Waals surface area contributed by atoms with E-state index in [1.54, 1.807) is 0 Å². The van der Waals surface area contributed by atoms with Crippen LogP contribution in [0.2, 0.25) is 0 Å². The monoisotopic (exact) mass is 230 g/mol. The summed E-state index contributed by atoms with van der Waals surface area (Å²) in [5, 5.41) is 3.41. The van der Waals surface area contributed by atoms with Crippen LogP contribution in [0.1, 0.15) is 19.2 Å². The van der Waals surface area contributed by atoms with Crippen LogP contribution in [0.5, 0.6) is 0 Å². The third-order valence-corrected chi connectivity index (χ3v) is 3.58. The topological polar surface area (TPSA) is 42.7 Å². The minimum Gasteiger partial charge on any atom is -0.328 e. The van der Waals surface area contributed by atoms with E-state index in [0.29, 0.717) is 0 Å². The van der Waals surface area contributed by atoms with Crippen molar-refractivity contribution >= 4 is 11.0 Å². The lowest BCUT2D eigenvalue weighted by Gasteiger charge is -2.09. The third kappa shape index (κ3) is 1.93. The van der Waals surface area contributed by atoms with E-state index < -0.39 is 0 Å². The Morgan fingerprint density at radius 1 is 1.53 bits per heavy atom. The van der Waals surface area contributed by atoms with Crippen LogP contribution < -0.4 is 5.32 Å². The predicted octanol–water partition coefficient (Wildman–Crippen LogP) is 1.60. The number of hydrogen-bond donors (Lipinski definition) is 1. The van der Waals surface area contributed by atoms with Crippen LogP contribution in [-0.4, -0.2) is 27.6 Å². The normalized spacial score (nSPS) is 20.2. The van der Waals surface area contributed by atoms with Crippen molar-refractivity contribution in [3.05, 3.63) is 24.3 Å². The van der Waals surface area contributed by atoms with Gasteiger partial charge < -0.3 is 9.88 Å². The molecule has 1 saturated heterocycles. The molecule has 0 saturated carbocycles. The Balaban J connectivity index is 1.96. The lowest BCUT2D eigenvalue weighted by molar-refractivity contribution is 0.543. The summed E-state index contributed by atoms with van der Waals surface area (Å²) in [7, 11) is 0. The van der Waals surface area contributed by atoms with E-state index in [9.17, 15) is 0 Å². The van der Waals surface area contributed by atoms with Crippen molar-refractivity contribution in [1.82, 2.24) is 19.9 Å². The number of nitrogens with zero attached hydrogens (tertiary/aromatic N) is 3. The predicted molar refractivity (Wildman–Crippen MR) is 67.9 cm³/mol. The molecule has 4 nitrogen and oxygen atoms in total. The molecule has 4 heteroatoms. The zero-order valence-corrected chi connectivity index (χ0v) is 10.2. The van der Waals surface area contributed by atoms with Crippen LogP contribution in [-0.2, 0) is 13.0 Å². The highest BCUT2D eigenvalue weighted by Crippen LogP contribution is 2.19. The van der Waals surface area contributed by atoms with Gasteiger partial charge >= 0.3 is 0 Å². The first-order valence-electron chi connectivity index (χ1n) is 6.38. The van der Waals surface area contributed by atoms with Crippen molar-refractivity contribution in [2.24, 2.45) is 5.92 Å². The Hall–Kier alpha value is -1.42. The van der Waals surface area contributed by atoms with E-state index in [1.165, 1.54) is 17.8 Å². The van der Waals surface area contributed by atoms with E-state index in [2.05, 4.69) is 27.9 Å². The van der Waals surface area contributed by atoms with Crippen molar-refractivity contribution in [2.45, 2.75) is 26.3 Å². The molecule has 1 fully saturated rings.